The molecule has 0 saturated heterocycles. The highest BCUT2D eigenvalue weighted by Gasteiger charge is 2.22. The zero-order chi connectivity index (χ0) is 20.1. The van der Waals surface area contributed by atoms with Crippen LogP contribution in [0.15, 0.2) is 59.6 Å². The number of rotatable bonds is 8. The Morgan fingerprint density at radius 3 is 2.75 bits per heavy atom. The highest BCUT2D eigenvalue weighted by Crippen LogP contribution is 2.29. The number of aromatic nitrogens is 3. The van der Waals surface area contributed by atoms with E-state index in [0.717, 1.165) is 5.56 Å². The molecule has 2 amide bonds. The second-order valence-corrected chi connectivity index (χ2v) is 8.07. The fourth-order valence-electron chi connectivity index (χ4n) is 2.50. The van der Waals surface area contributed by atoms with Gasteiger partial charge in [-0.3, -0.25) is 14.2 Å². The number of hydrogen-bond acceptors (Lipinski definition) is 6. The lowest BCUT2D eigenvalue weighted by atomic mass is 10.2. The van der Waals surface area contributed by atoms with Crippen molar-refractivity contribution in [1.82, 2.24) is 14.8 Å². The van der Waals surface area contributed by atoms with Gasteiger partial charge in [-0.25, -0.2) is 0 Å². The highest BCUT2D eigenvalue weighted by atomic mass is 32.2. The summed E-state index contributed by atoms with van der Waals surface area (Å²) in [6.07, 6.45) is 1.76. The van der Waals surface area contributed by atoms with E-state index in [9.17, 15) is 9.59 Å². The third-order valence-electron chi connectivity index (χ3n) is 3.88. The van der Waals surface area contributed by atoms with Crippen LogP contribution in [0.2, 0.25) is 0 Å². The quantitative estimate of drug-likeness (QED) is 0.435. The van der Waals surface area contributed by atoms with E-state index in [-0.39, 0.29) is 5.91 Å². The van der Waals surface area contributed by atoms with Gasteiger partial charge in [0, 0.05) is 12.1 Å². The van der Waals surface area contributed by atoms with Crippen LogP contribution in [-0.4, -0.2) is 31.8 Å². The van der Waals surface area contributed by atoms with Gasteiger partial charge in [0.1, 0.15) is 5.00 Å². The normalized spacial score (nSPS) is 11.8. The van der Waals surface area contributed by atoms with Gasteiger partial charge in [-0.2, -0.15) is 0 Å². The number of amides is 2. The Kier molecular flexibility index (Phi) is 6.27. The molecule has 0 radical (unpaired) electrons. The molecule has 3 aromatic rings. The first-order chi connectivity index (χ1) is 13.5. The molecule has 0 fully saturated rings. The molecule has 0 saturated carbocycles. The van der Waals surface area contributed by atoms with E-state index in [1.54, 1.807) is 24.4 Å². The number of nitrogens with two attached hydrogens (primary N) is 1. The molecule has 9 heteroatoms. The molecule has 1 unspecified atom stereocenters. The number of nitrogens with zero attached hydrogens (tertiary/aromatic N) is 3. The number of nitrogens with one attached hydrogen (secondary N) is 1. The summed E-state index contributed by atoms with van der Waals surface area (Å²) in [6, 6.07) is 11.3. The number of benzene rings is 1. The van der Waals surface area contributed by atoms with Crippen molar-refractivity contribution in [1.29, 1.82) is 0 Å². The molecule has 7 nitrogen and oxygen atoms in total. The molecule has 0 bridgehead atoms. The fourth-order valence-corrected chi connectivity index (χ4v) is 4.15. The molecule has 1 atom stereocenters. The van der Waals surface area contributed by atoms with E-state index in [2.05, 4.69) is 22.1 Å². The number of primary amides is 1. The number of thioether (sulfide) groups is 1. The monoisotopic (exact) mass is 413 g/mol. The van der Waals surface area contributed by atoms with Crippen LogP contribution in [0.3, 0.4) is 0 Å². The van der Waals surface area contributed by atoms with E-state index in [1.807, 2.05) is 34.9 Å². The zero-order valence-corrected chi connectivity index (χ0v) is 16.8. The van der Waals surface area contributed by atoms with Gasteiger partial charge in [0.2, 0.25) is 5.91 Å². The summed E-state index contributed by atoms with van der Waals surface area (Å²) in [5.41, 5.74) is 6.56. The van der Waals surface area contributed by atoms with Gasteiger partial charge in [0.25, 0.3) is 5.91 Å². The van der Waals surface area contributed by atoms with Gasteiger partial charge in [-0.05, 0) is 18.4 Å². The van der Waals surface area contributed by atoms with Crippen molar-refractivity contribution < 1.29 is 9.59 Å². The van der Waals surface area contributed by atoms with Crippen LogP contribution in [0, 0.1) is 0 Å². The molecule has 2 aromatic heterocycles. The third kappa shape index (κ3) is 4.32. The van der Waals surface area contributed by atoms with E-state index >= 15 is 0 Å². The Hall–Kier alpha value is -2.91. The lowest BCUT2D eigenvalue weighted by Crippen LogP contribution is -2.24. The largest absolute Gasteiger partial charge is 0.366 e. The van der Waals surface area contributed by atoms with Crippen LogP contribution in [-0.2, 0) is 11.3 Å². The van der Waals surface area contributed by atoms with Crippen molar-refractivity contribution in [3.8, 4) is 11.4 Å². The zero-order valence-electron chi connectivity index (χ0n) is 15.2. The predicted molar refractivity (Wildman–Crippen MR) is 112 cm³/mol. The van der Waals surface area contributed by atoms with Crippen LogP contribution < -0.4 is 11.1 Å². The number of allylic oxidation sites excluding steroid dienone is 1. The minimum absolute atomic E-state index is 0.246. The van der Waals surface area contributed by atoms with E-state index in [0.29, 0.717) is 28.1 Å². The van der Waals surface area contributed by atoms with Crippen molar-refractivity contribution in [2.75, 3.05) is 5.32 Å². The SMILES string of the molecule is C=CCn1c(SC(C)C(=O)Nc2sccc2C(N)=O)nnc1-c1ccccc1. The molecular weight excluding hydrogens is 394 g/mol. The van der Waals surface area contributed by atoms with Crippen molar-refractivity contribution in [2.45, 2.75) is 23.9 Å². The van der Waals surface area contributed by atoms with Crippen molar-refractivity contribution in [3.63, 3.8) is 0 Å². The Morgan fingerprint density at radius 2 is 2.07 bits per heavy atom. The lowest BCUT2D eigenvalue weighted by molar-refractivity contribution is -0.115. The second-order valence-electron chi connectivity index (χ2n) is 5.85. The maximum Gasteiger partial charge on any atom is 0.251 e. The van der Waals surface area contributed by atoms with E-state index in [4.69, 9.17) is 5.73 Å². The smallest absolute Gasteiger partial charge is 0.251 e. The molecule has 144 valence electrons. The van der Waals surface area contributed by atoms with Gasteiger partial charge >= 0.3 is 0 Å². The highest BCUT2D eigenvalue weighted by molar-refractivity contribution is 8.00. The van der Waals surface area contributed by atoms with Gasteiger partial charge in [0.15, 0.2) is 11.0 Å². The summed E-state index contributed by atoms with van der Waals surface area (Å²) >= 11 is 2.54. The summed E-state index contributed by atoms with van der Waals surface area (Å²) in [6.45, 7) is 6.08. The number of carbonyl (C=O) groups is 2. The second kappa shape index (κ2) is 8.85. The average molecular weight is 414 g/mol. The molecule has 28 heavy (non-hydrogen) atoms. The number of thiophene rings is 1. The van der Waals surface area contributed by atoms with E-state index < -0.39 is 11.2 Å². The molecule has 3 N–H and O–H groups in total. The van der Waals surface area contributed by atoms with Crippen molar-refractivity contribution >= 4 is 39.9 Å². The lowest BCUT2D eigenvalue weighted by Gasteiger charge is -2.12. The Morgan fingerprint density at radius 1 is 1.32 bits per heavy atom. The molecule has 0 aliphatic rings. The Bertz CT molecular complexity index is 997. The topological polar surface area (TPSA) is 103 Å². The fraction of sp³-hybridized carbons (Fsp3) is 0.158. The predicted octanol–water partition coefficient (Wildman–Crippen LogP) is 3.41. The van der Waals surface area contributed by atoms with Crippen LogP contribution in [0.25, 0.3) is 11.4 Å². The molecule has 0 spiro atoms. The molecule has 1 aromatic carbocycles. The minimum Gasteiger partial charge on any atom is -0.366 e. The van der Waals surface area contributed by atoms with Crippen LogP contribution in [0.1, 0.15) is 17.3 Å². The molecular formula is C19H19N5O2S2. The van der Waals surface area contributed by atoms with Gasteiger partial charge in [-0.1, -0.05) is 48.2 Å². The molecule has 2 heterocycles. The summed E-state index contributed by atoms with van der Waals surface area (Å²) in [4.78, 5) is 24.0. The van der Waals surface area contributed by atoms with Gasteiger partial charge in [0.05, 0.1) is 10.8 Å². The first-order valence-corrected chi connectivity index (χ1v) is 10.2. The third-order valence-corrected chi connectivity index (χ3v) is 5.79. The first-order valence-electron chi connectivity index (χ1n) is 8.45. The minimum atomic E-state index is -0.574. The van der Waals surface area contributed by atoms with Crippen LogP contribution in [0.4, 0.5) is 5.00 Å². The molecule has 0 aliphatic heterocycles. The maximum atomic E-state index is 12.6. The first kappa shape index (κ1) is 19.8. The van der Waals surface area contributed by atoms with Crippen LogP contribution >= 0.6 is 23.1 Å². The standard InChI is InChI=1S/C19H19N5O2S2/c1-3-10-24-16(13-7-5-4-6-8-13)22-23-19(24)28-12(2)17(26)21-18-14(15(20)25)9-11-27-18/h3-9,11-12H,1,10H2,2H3,(H2,20,25)(H,21,26). The summed E-state index contributed by atoms with van der Waals surface area (Å²) in [5, 5.41) is 13.6. The maximum absolute atomic E-state index is 12.6. The molecule has 3 rings (SSSR count). The van der Waals surface area contributed by atoms with Gasteiger partial charge in [-0.15, -0.1) is 28.1 Å². The number of hydrogen-bond donors (Lipinski definition) is 2. The van der Waals surface area contributed by atoms with Crippen molar-refractivity contribution in [2.24, 2.45) is 5.73 Å². The van der Waals surface area contributed by atoms with Crippen molar-refractivity contribution in [3.05, 3.63) is 60.0 Å². The summed E-state index contributed by atoms with van der Waals surface area (Å²) in [7, 11) is 0. The summed E-state index contributed by atoms with van der Waals surface area (Å²) in [5.74, 6) is -0.107. The molecule has 0 aliphatic carbocycles. The number of anilines is 1. The average Bonchev–Trinajstić information content (AvgIpc) is 3.30. The van der Waals surface area contributed by atoms with Crippen LogP contribution in [0.5, 0.6) is 0 Å². The Balaban J connectivity index is 1.78. The summed E-state index contributed by atoms with van der Waals surface area (Å²) < 4.78 is 1.91. The Labute approximate surface area is 170 Å². The van der Waals surface area contributed by atoms with Gasteiger partial charge < -0.3 is 11.1 Å². The van der Waals surface area contributed by atoms with E-state index in [1.165, 1.54) is 23.1 Å². The number of carbonyl (C=O) groups excluding carboxylic acids is 2.